The molecule has 0 unspecified atom stereocenters. The minimum absolute atomic E-state index is 0.0695. The quantitative estimate of drug-likeness (QED) is 0.739. The Hall–Kier alpha value is -2.11. The van der Waals surface area contributed by atoms with E-state index < -0.39 is 10.0 Å². The molecule has 0 amide bonds. The standard InChI is InChI=1S/C21H24N2O2S/c1-23-20-13-12-19(26(24,25)22-18-10-6-3-7-11-18)14-17(20)15-21(23)16-8-4-2-5-9-16/h2,4-5,8-9,12-15,18,22H,3,6-7,10-11H2,1H3. The van der Waals surface area contributed by atoms with Gasteiger partial charge in [-0.3, -0.25) is 0 Å². The molecule has 3 aromatic rings. The predicted octanol–water partition coefficient (Wildman–Crippen LogP) is 4.46. The molecule has 0 radical (unpaired) electrons. The van der Waals surface area contributed by atoms with E-state index in [1.165, 1.54) is 6.42 Å². The van der Waals surface area contributed by atoms with Gasteiger partial charge in [-0.1, -0.05) is 49.6 Å². The van der Waals surface area contributed by atoms with Crippen LogP contribution in [0.15, 0.2) is 59.5 Å². The van der Waals surface area contributed by atoms with Gasteiger partial charge in [0.25, 0.3) is 0 Å². The van der Waals surface area contributed by atoms with Gasteiger partial charge < -0.3 is 4.57 Å². The summed E-state index contributed by atoms with van der Waals surface area (Å²) in [6.07, 6.45) is 5.28. The second-order valence-electron chi connectivity index (χ2n) is 7.13. The fourth-order valence-electron chi connectivity index (χ4n) is 3.89. The number of hydrogen-bond donors (Lipinski definition) is 1. The van der Waals surface area contributed by atoms with Gasteiger partial charge in [-0.25, -0.2) is 13.1 Å². The third-order valence-electron chi connectivity index (χ3n) is 5.32. The van der Waals surface area contributed by atoms with Crippen LogP contribution in [0, 0.1) is 0 Å². The zero-order valence-electron chi connectivity index (χ0n) is 15.0. The van der Waals surface area contributed by atoms with E-state index in [1.807, 2.05) is 31.3 Å². The van der Waals surface area contributed by atoms with Crippen LogP contribution >= 0.6 is 0 Å². The number of aromatic nitrogens is 1. The lowest BCUT2D eigenvalue weighted by Crippen LogP contribution is -2.36. The van der Waals surface area contributed by atoms with E-state index in [9.17, 15) is 8.42 Å². The lowest BCUT2D eigenvalue weighted by molar-refractivity contribution is 0.412. The zero-order chi connectivity index (χ0) is 18.1. The Bertz CT molecular complexity index is 1020. The Morgan fingerprint density at radius 1 is 0.962 bits per heavy atom. The molecule has 1 N–H and O–H groups in total. The molecule has 0 saturated heterocycles. The SMILES string of the molecule is Cn1c(-c2ccccc2)cc2cc(S(=O)(=O)NC3CCCCC3)ccc21. The maximum Gasteiger partial charge on any atom is 0.240 e. The van der Waals surface area contributed by atoms with Crippen molar-refractivity contribution in [2.45, 2.75) is 43.0 Å². The Labute approximate surface area is 154 Å². The highest BCUT2D eigenvalue weighted by Crippen LogP contribution is 2.29. The van der Waals surface area contributed by atoms with Crippen LogP contribution in [0.25, 0.3) is 22.2 Å². The molecule has 0 spiro atoms. The van der Waals surface area contributed by atoms with Gasteiger partial charge in [-0.05, 0) is 42.7 Å². The maximum atomic E-state index is 12.8. The molecule has 1 aliphatic carbocycles. The van der Waals surface area contributed by atoms with Gasteiger partial charge in [-0.15, -0.1) is 0 Å². The van der Waals surface area contributed by atoms with E-state index in [0.29, 0.717) is 4.90 Å². The summed E-state index contributed by atoms with van der Waals surface area (Å²) in [5.41, 5.74) is 3.23. The summed E-state index contributed by atoms with van der Waals surface area (Å²) in [5.74, 6) is 0. The third kappa shape index (κ3) is 3.29. The van der Waals surface area contributed by atoms with E-state index in [1.54, 1.807) is 12.1 Å². The average molecular weight is 369 g/mol. The number of sulfonamides is 1. The van der Waals surface area contributed by atoms with Crippen molar-refractivity contribution in [1.29, 1.82) is 0 Å². The van der Waals surface area contributed by atoms with E-state index in [4.69, 9.17) is 0 Å². The van der Waals surface area contributed by atoms with Gasteiger partial charge in [0.15, 0.2) is 0 Å². The van der Waals surface area contributed by atoms with E-state index in [2.05, 4.69) is 27.5 Å². The van der Waals surface area contributed by atoms with Crippen molar-refractivity contribution in [3.05, 3.63) is 54.6 Å². The first-order valence-corrected chi connectivity index (χ1v) is 10.7. The number of fused-ring (bicyclic) bond motifs is 1. The molecule has 1 heterocycles. The number of rotatable bonds is 4. The molecule has 1 fully saturated rings. The van der Waals surface area contributed by atoms with Crippen molar-refractivity contribution < 1.29 is 8.42 Å². The van der Waals surface area contributed by atoms with Crippen molar-refractivity contribution in [3.63, 3.8) is 0 Å². The summed E-state index contributed by atoms with van der Waals surface area (Å²) < 4.78 is 30.6. The predicted molar refractivity (Wildman–Crippen MR) is 106 cm³/mol. The minimum atomic E-state index is -3.48. The highest BCUT2D eigenvalue weighted by atomic mass is 32.2. The van der Waals surface area contributed by atoms with Crippen LogP contribution in [0.3, 0.4) is 0 Å². The van der Waals surface area contributed by atoms with Crippen LogP contribution in [0.1, 0.15) is 32.1 Å². The second kappa shape index (κ2) is 6.89. The van der Waals surface area contributed by atoms with Gasteiger partial charge in [0.05, 0.1) is 4.90 Å². The van der Waals surface area contributed by atoms with Crippen LogP contribution in [0.5, 0.6) is 0 Å². The Balaban J connectivity index is 1.69. The average Bonchev–Trinajstić information content (AvgIpc) is 2.99. The number of nitrogens with one attached hydrogen (secondary N) is 1. The lowest BCUT2D eigenvalue weighted by Gasteiger charge is -2.22. The molecule has 136 valence electrons. The summed E-state index contributed by atoms with van der Waals surface area (Å²) in [4.78, 5) is 0.348. The fourth-order valence-corrected chi connectivity index (χ4v) is 5.23. The van der Waals surface area contributed by atoms with E-state index >= 15 is 0 Å². The maximum absolute atomic E-state index is 12.8. The summed E-state index contributed by atoms with van der Waals surface area (Å²) in [7, 11) is -1.47. The van der Waals surface area contributed by atoms with Gasteiger partial charge in [0, 0.05) is 29.7 Å². The summed E-state index contributed by atoms with van der Waals surface area (Å²) in [6.45, 7) is 0. The number of nitrogens with zero attached hydrogens (tertiary/aromatic N) is 1. The monoisotopic (exact) mass is 368 g/mol. The van der Waals surface area contributed by atoms with Gasteiger partial charge in [0.2, 0.25) is 10.0 Å². The van der Waals surface area contributed by atoms with Crippen molar-refractivity contribution in [2.24, 2.45) is 7.05 Å². The zero-order valence-corrected chi connectivity index (χ0v) is 15.8. The molecule has 1 aliphatic rings. The summed E-state index contributed by atoms with van der Waals surface area (Å²) >= 11 is 0. The second-order valence-corrected chi connectivity index (χ2v) is 8.85. The summed E-state index contributed by atoms with van der Waals surface area (Å²) in [6, 6.07) is 17.7. The topological polar surface area (TPSA) is 51.1 Å². The third-order valence-corrected chi connectivity index (χ3v) is 6.84. The highest BCUT2D eigenvalue weighted by molar-refractivity contribution is 7.89. The molecule has 1 saturated carbocycles. The van der Waals surface area contributed by atoms with Crippen molar-refractivity contribution in [1.82, 2.24) is 9.29 Å². The Morgan fingerprint density at radius 3 is 2.42 bits per heavy atom. The van der Waals surface area contributed by atoms with Gasteiger partial charge in [0.1, 0.15) is 0 Å². The van der Waals surface area contributed by atoms with Gasteiger partial charge in [-0.2, -0.15) is 0 Å². The largest absolute Gasteiger partial charge is 0.344 e. The molecule has 0 aliphatic heterocycles. The first-order chi connectivity index (χ1) is 12.5. The molecule has 0 bridgehead atoms. The van der Waals surface area contributed by atoms with Crippen molar-refractivity contribution >= 4 is 20.9 Å². The van der Waals surface area contributed by atoms with Crippen molar-refractivity contribution in [2.75, 3.05) is 0 Å². The number of aryl methyl sites for hydroxylation is 1. The van der Waals surface area contributed by atoms with E-state index in [0.717, 1.165) is 47.8 Å². The minimum Gasteiger partial charge on any atom is -0.344 e. The lowest BCUT2D eigenvalue weighted by atomic mass is 9.96. The molecule has 2 aromatic carbocycles. The molecule has 4 rings (SSSR count). The molecule has 1 aromatic heterocycles. The first-order valence-electron chi connectivity index (χ1n) is 9.22. The molecule has 26 heavy (non-hydrogen) atoms. The fraction of sp³-hybridized carbons (Fsp3) is 0.333. The number of hydrogen-bond acceptors (Lipinski definition) is 2. The van der Waals surface area contributed by atoms with Crippen LogP contribution in [0.4, 0.5) is 0 Å². The highest BCUT2D eigenvalue weighted by Gasteiger charge is 2.22. The molecule has 0 atom stereocenters. The number of benzene rings is 2. The van der Waals surface area contributed by atoms with Crippen LogP contribution in [-0.2, 0) is 17.1 Å². The molecule has 4 nitrogen and oxygen atoms in total. The van der Waals surface area contributed by atoms with Crippen LogP contribution < -0.4 is 4.72 Å². The van der Waals surface area contributed by atoms with Crippen molar-refractivity contribution in [3.8, 4) is 11.3 Å². The molecular formula is C21H24N2O2S. The smallest absolute Gasteiger partial charge is 0.240 e. The molecular weight excluding hydrogens is 344 g/mol. The Kier molecular flexibility index (Phi) is 4.59. The normalized spacial score (nSPS) is 16.2. The van der Waals surface area contributed by atoms with E-state index in [-0.39, 0.29) is 6.04 Å². The molecule has 5 heteroatoms. The van der Waals surface area contributed by atoms with Crippen LogP contribution in [0.2, 0.25) is 0 Å². The van der Waals surface area contributed by atoms with Gasteiger partial charge >= 0.3 is 0 Å². The van der Waals surface area contributed by atoms with Crippen LogP contribution in [-0.4, -0.2) is 19.0 Å². The summed E-state index contributed by atoms with van der Waals surface area (Å²) in [5, 5.41) is 0.942. The first kappa shape index (κ1) is 17.3. The Morgan fingerprint density at radius 2 is 1.69 bits per heavy atom.